The molecule has 2 atom stereocenters. The first-order chi connectivity index (χ1) is 11.3. The first-order valence-electron chi connectivity index (χ1n) is 8.42. The van der Waals surface area contributed by atoms with Gasteiger partial charge >= 0.3 is 0 Å². The molecule has 1 aromatic carbocycles. The maximum absolute atomic E-state index is 13.7. The van der Waals surface area contributed by atoms with Crippen molar-refractivity contribution in [1.82, 2.24) is 10.3 Å². The molecule has 1 aliphatic heterocycles. The fraction of sp³-hybridized carbons (Fsp3) is 0.526. The Kier molecular flexibility index (Phi) is 5.05. The van der Waals surface area contributed by atoms with Gasteiger partial charge in [-0.1, -0.05) is 20.8 Å². The van der Waals surface area contributed by atoms with E-state index in [1.54, 1.807) is 23.5 Å². The molecule has 1 aromatic heterocycles. The van der Waals surface area contributed by atoms with E-state index in [1.807, 2.05) is 17.8 Å². The molecule has 0 aliphatic carbocycles. The average molecular weight is 365 g/mol. The maximum atomic E-state index is 13.7. The van der Waals surface area contributed by atoms with E-state index in [0.717, 1.165) is 23.4 Å². The molecule has 0 bridgehead atoms. The van der Waals surface area contributed by atoms with Gasteiger partial charge in [-0.15, -0.1) is 23.1 Å². The monoisotopic (exact) mass is 364 g/mol. The van der Waals surface area contributed by atoms with Crippen LogP contribution in [0.1, 0.15) is 67.3 Å². The summed E-state index contributed by atoms with van der Waals surface area (Å²) in [7, 11) is 0. The number of thiazole rings is 1. The Morgan fingerprint density at radius 2 is 2.08 bits per heavy atom. The molecule has 0 saturated heterocycles. The van der Waals surface area contributed by atoms with Crippen LogP contribution in [0.5, 0.6) is 0 Å². The maximum Gasteiger partial charge on any atom is 0.123 e. The predicted octanol–water partition coefficient (Wildman–Crippen LogP) is 5.78. The van der Waals surface area contributed by atoms with Crippen molar-refractivity contribution in [2.24, 2.45) is 0 Å². The Labute approximate surface area is 152 Å². The molecule has 0 amide bonds. The van der Waals surface area contributed by atoms with Gasteiger partial charge in [0.15, 0.2) is 0 Å². The van der Waals surface area contributed by atoms with Crippen LogP contribution in [0.15, 0.2) is 23.1 Å². The summed E-state index contributed by atoms with van der Waals surface area (Å²) < 4.78 is 13.7. The highest BCUT2D eigenvalue weighted by Crippen LogP contribution is 2.39. The molecule has 2 unspecified atom stereocenters. The number of aromatic nitrogens is 1. The van der Waals surface area contributed by atoms with Crippen molar-refractivity contribution < 1.29 is 4.39 Å². The summed E-state index contributed by atoms with van der Waals surface area (Å²) in [5.41, 5.74) is 2.27. The number of rotatable bonds is 3. The highest BCUT2D eigenvalue weighted by Gasteiger charge is 2.26. The van der Waals surface area contributed by atoms with E-state index in [-0.39, 0.29) is 23.3 Å². The molecule has 1 N–H and O–H groups in total. The second kappa shape index (κ2) is 6.77. The summed E-state index contributed by atoms with van der Waals surface area (Å²) in [4.78, 5) is 7.25. The first-order valence-corrected chi connectivity index (χ1v) is 10.2. The summed E-state index contributed by atoms with van der Waals surface area (Å²) in [5.74, 6) is 0.914. The van der Waals surface area contributed by atoms with Crippen LogP contribution in [-0.2, 0) is 5.41 Å². The lowest BCUT2D eigenvalue weighted by molar-refractivity contribution is 0.450. The van der Waals surface area contributed by atoms with E-state index in [2.05, 4.69) is 39.9 Å². The minimum absolute atomic E-state index is 0.0740. The molecule has 130 valence electrons. The fourth-order valence-electron chi connectivity index (χ4n) is 3.05. The van der Waals surface area contributed by atoms with Gasteiger partial charge in [0.1, 0.15) is 5.82 Å². The molecule has 2 heterocycles. The SMILES string of the molecule is Cc1nc(C(C)(C)C)sc1C(C)NC1CCSc2ccc(F)cc21. The van der Waals surface area contributed by atoms with E-state index in [1.165, 1.54) is 14.8 Å². The van der Waals surface area contributed by atoms with Crippen molar-refractivity contribution in [3.63, 3.8) is 0 Å². The van der Waals surface area contributed by atoms with Gasteiger partial charge in [-0.25, -0.2) is 9.37 Å². The number of hydrogen-bond donors (Lipinski definition) is 1. The van der Waals surface area contributed by atoms with E-state index >= 15 is 0 Å². The highest BCUT2D eigenvalue weighted by atomic mass is 32.2. The van der Waals surface area contributed by atoms with Crippen LogP contribution in [-0.4, -0.2) is 10.7 Å². The number of hydrogen-bond acceptors (Lipinski definition) is 4. The van der Waals surface area contributed by atoms with Gasteiger partial charge in [0.2, 0.25) is 0 Å². The standard InChI is InChI=1S/C19H25FN2S2/c1-11(17-12(2)22-18(24-17)19(3,4)5)21-15-8-9-23-16-7-6-13(20)10-14(15)16/h6-7,10-11,15,21H,8-9H2,1-5H3. The molecular weight excluding hydrogens is 339 g/mol. The zero-order chi connectivity index (χ0) is 17.5. The number of aryl methyl sites for hydroxylation is 1. The summed E-state index contributed by atoms with van der Waals surface area (Å²) in [6.45, 7) is 10.9. The van der Waals surface area contributed by atoms with Crippen molar-refractivity contribution in [2.45, 2.75) is 63.4 Å². The van der Waals surface area contributed by atoms with Crippen LogP contribution in [0.2, 0.25) is 0 Å². The Balaban J connectivity index is 1.83. The lowest BCUT2D eigenvalue weighted by Gasteiger charge is -2.28. The third-order valence-corrected chi connectivity index (χ3v) is 7.22. The van der Waals surface area contributed by atoms with Crippen LogP contribution in [0.25, 0.3) is 0 Å². The van der Waals surface area contributed by atoms with Crippen LogP contribution in [0.4, 0.5) is 4.39 Å². The summed E-state index contributed by atoms with van der Waals surface area (Å²) in [5, 5.41) is 4.89. The van der Waals surface area contributed by atoms with Gasteiger partial charge in [0.05, 0.1) is 10.7 Å². The van der Waals surface area contributed by atoms with Gasteiger partial charge < -0.3 is 5.32 Å². The number of benzene rings is 1. The Morgan fingerprint density at radius 1 is 1.33 bits per heavy atom. The molecule has 5 heteroatoms. The third kappa shape index (κ3) is 3.68. The molecule has 0 fully saturated rings. The summed E-state index contributed by atoms with van der Waals surface area (Å²) in [6, 6.07) is 5.56. The van der Waals surface area contributed by atoms with Gasteiger partial charge in [0.25, 0.3) is 0 Å². The Bertz CT molecular complexity index is 733. The molecule has 0 spiro atoms. The molecule has 0 radical (unpaired) electrons. The average Bonchev–Trinajstić information content (AvgIpc) is 2.90. The quantitative estimate of drug-likeness (QED) is 0.748. The molecule has 3 rings (SSSR count). The minimum atomic E-state index is -0.153. The first kappa shape index (κ1) is 17.9. The second-order valence-corrected chi connectivity index (χ2v) is 9.65. The largest absolute Gasteiger partial charge is 0.302 e. The van der Waals surface area contributed by atoms with E-state index in [0.29, 0.717) is 0 Å². The van der Waals surface area contributed by atoms with E-state index in [9.17, 15) is 4.39 Å². The van der Waals surface area contributed by atoms with Crippen molar-refractivity contribution in [3.05, 3.63) is 45.2 Å². The zero-order valence-electron chi connectivity index (χ0n) is 14.9. The smallest absolute Gasteiger partial charge is 0.123 e. The summed E-state index contributed by atoms with van der Waals surface area (Å²) in [6.07, 6.45) is 1.02. The highest BCUT2D eigenvalue weighted by molar-refractivity contribution is 7.99. The Hall–Kier alpha value is -0.910. The molecule has 24 heavy (non-hydrogen) atoms. The number of nitrogens with one attached hydrogen (secondary N) is 1. The zero-order valence-corrected chi connectivity index (χ0v) is 16.6. The fourth-order valence-corrected chi connectivity index (χ4v) is 5.29. The van der Waals surface area contributed by atoms with Gasteiger partial charge in [0, 0.05) is 27.3 Å². The third-order valence-electron chi connectivity index (χ3n) is 4.33. The topological polar surface area (TPSA) is 24.9 Å². The predicted molar refractivity (Wildman–Crippen MR) is 102 cm³/mol. The summed E-state index contributed by atoms with van der Waals surface area (Å²) >= 11 is 3.61. The van der Waals surface area contributed by atoms with Crippen molar-refractivity contribution in [2.75, 3.05) is 5.75 Å². The van der Waals surface area contributed by atoms with Crippen LogP contribution >= 0.6 is 23.1 Å². The van der Waals surface area contributed by atoms with Crippen LogP contribution in [0.3, 0.4) is 0 Å². The normalized spacial score (nSPS) is 19.2. The molecule has 2 aromatic rings. The van der Waals surface area contributed by atoms with Crippen LogP contribution in [0, 0.1) is 12.7 Å². The second-order valence-electron chi connectivity index (χ2n) is 7.48. The lowest BCUT2D eigenvalue weighted by Crippen LogP contribution is -2.27. The van der Waals surface area contributed by atoms with Crippen molar-refractivity contribution >= 4 is 23.1 Å². The molecule has 2 nitrogen and oxygen atoms in total. The number of halogens is 1. The van der Waals surface area contributed by atoms with Crippen molar-refractivity contribution in [3.8, 4) is 0 Å². The minimum Gasteiger partial charge on any atom is -0.302 e. The molecule has 1 aliphatic rings. The Morgan fingerprint density at radius 3 is 2.75 bits per heavy atom. The van der Waals surface area contributed by atoms with E-state index < -0.39 is 0 Å². The van der Waals surface area contributed by atoms with Gasteiger partial charge in [-0.05, 0) is 49.8 Å². The molecular formula is C19H25FN2S2. The van der Waals surface area contributed by atoms with Gasteiger partial charge in [-0.2, -0.15) is 0 Å². The van der Waals surface area contributed by atoms with Crippen LogP contribution < -0.4 is 5.32 Å². The van der Waals surface area contributed by atoms with Crippen molar-refractivity contribution in [1.29, 1.82) is 0 Å². The van der Waals surface area contributed by atoms with E-state index in [4.69, 9.17) is 4.98 Å². The molecule has 0 saturated carbocycles. The number of nitrogens with zero attached hydrogens (tertiary/aromatic N) is 1. The number of thioether (sulfide) groups is 1. The number of fused-ring (bicyclic) bond motifs is 1. The lowest BCUT2D eigenvalue weighted by atomic mass is 9.98. The van der Waals surface area contributed by atoms with Gasteiger partial charge in [-0.3, -0.25) is 0 Å².